The number of nitriles is 1. The standard InChI is InChI=1S/C14H11N3O3/c1-20-13-5-3-2-4-10(13)9-6-7-12(17(18)19)14(16)11(9)8-15/h2-7H,16H2,1H3. The molecule has 0 aliphatic rings. The van der Waals surface area contributed by atoms with Crippen molar-refractivity contribution < 1.29 is 9.66 Å². The van der Waals surface area contributed by atoms with Crippen molar-refractivity contribution in [2.45, 2.75) is 0 Å². The first-order valence-electron chi connectivity index (χ1n) is 5.70. The zero-order valence-electron chi connectivity index (χ0n) is 10.7. The van der Waals surface area contributed by atoms with E-state index in [-0.39, 0.29) is 16.9 Å². The summed E-state index contributed by atoms with van der Waals surface area (Å²) in [5.41, 5.74) is 6.54. The van der Waals surface area contributed by atoms with Crippen molar-refractivity contribution in [3.8, 4) is 22.9 Å². The second-order valence-corrected chi connectivity index (χ2v) is 3.99. The van der Waals surface area contributed by atoms with Gasteiger partial charge in [0.25, 0.3) is 5.69 Å². The molecular weight excluding hydrogens is 258 g/mol. The Hall–Kier alpha value is -3.07. The molecule has 6 nitrogen and oxygen atoms in total. The fourth-order valence-electron chi connectivity index (χ4n) is 1.98. The Morgan fingerprint density at radius 1 is 1.25 bits per heavy atom. The lowest BCUT2D eigenvalue weighted by molar-refractivity contribution is -0.383. The number of methoxy groups -OCH3 is 1. The lowest BCUT2D eigenvalue weighted by Gasteiger charge is -2.11. The summed E-state index contributed by atoms with van der Waals surface area (Å²) in [6, 6.07) is 11.8. The zero-order valence-corrected chi connectivity index (χ0v) is 10.7. The molecule has 2 aromatic carbocycles. The molecule has 0 aliphatic heterocycles. The van der Waals surface area contributed by atoms with Crippen LogP contribution in [0.4, 0.5) is 11.4 Å². The average molecular weight is 269 g/mol. The molecule has 100 valence electrons. The summed E-state index contributed by atoms with van der Waals surface area (Å²) in [7, 11) is 1.51. The van der Waals surface area contributed by atoms with Gasteiger partial charge in [0.15, 0.2) is 0 Å². The van der Waals surface area contributed by atoms with Crippen LogP contribution in [-0.4, -0.2) is 12.0 Å². The third kappa shape index (κ3) is 2.12. The number of benzene rings is 2. The van der Waals surface area contributed by atoms with Crippen LogP contribution < -0.4 is 10.5 Å². The zero-order chi connectivity index (χ0) is 14.7. The monoisotopic (exact) mass is 269 g/mol. The molecule has 0 saturated carbocycles. The predicted molar refractivity (Wildman–Crippen MR) is 74.2 cm³/mol. The fourth-order valence-corrected chi connectivity index (χ4v) is 1.98. The topological polar surface area (TPSA) is 102 Å². The first kappa shape index (κ1) is 13.4. The summed E-state index contributed by atoms with van der Waals surface area (Å²) in [4.78, 5) is 10.2. The Morgan fingerprint density at radius 2 is 1.95 bits per heavy atom. The van der Waals surface area contributed by atoms with E-state index in [1.165, 1.54) is 19.2 Å². The summed E-state index contributed by atoms with van der Waals surface area (Å²) in [5.74, 6) is 0.567. The SMILES string of the molecule is COc1ccccc1-c1ccc([N+](=O)[O-])c(N)c1C#N. The molecular formula is C14H11N3O3. The summed E-state index contributed by atoms with van der Waals surface area (Å²) < 4.78 is 5.23. The third-order valence-electron chi connectivity index (χ3n) is 2.93. The van der Waals surface area contributed by atoms with E-state index in [2.05, 4.69) is 0 Å². The lowest BCUT2D eigenvalue weighted by Crippen LogP contribution is -2.00. The Bertz CT molecular complexity index is 720. The summed E-state index contributed by atoms with van der Waals surface area (Å²) in [5, 5.41) is 20.1. The number of nitrogen functional groups attached to an aromatic ring is 1. The van der Waals surface area contributed by atoms with Crippen LogP contribution in [0.3, 0.4) is 0 Å². The van der Waals surface area contributed by atoms with Gasteiger partial charge in [0, 0.05) is 17.2 Å². The number of nitrogens with zero attached hydrogens (tertiary/aromatic N) is 2. The molecule has 2 aromatic rings. The molecule has 6 heteroatoms. The van der Waals surface area contributed by atoms with Gasteiger partial charge in [-0.2, -0.15) is 5.26 Å². The molecule has 20 heavy (non-hydrogen) atoms. The molecule has 0 spiro atoms. The largest absolute Gasteiger partial charge is 0.496 e. The Balaban J connectivity index is 2.73. The van der Waals surface area contributed by atoms with Gasteiger partial charge in [-0.1, -0.05) is 18.2 Å². The van der Waals surface area contributed by atoms with E-state index in [9.17, 15) is 15.4 Å². The molecule has 0 saturated heterocycles. The first-order chi connectivity index (χ1) is 9.60. The minimum absolute atomic E-state index is 0.0729. The highest BCUT2D eigenvalue weighted by Gasteiger charge is 2.20. The summed E-state index contributed by atoms with van der Waals surface area (Å²) in [6.45, 7) is 0. The number of nitro benzene ring substituents is 1. The van der Waals surface area contributed by atoms with E-state index in [4.69, 9.17) is 10.5 Å². The Kier molecular flexibility index (Phi) is 3.53. The molecule has 0 radical (unpaired) electrons. The molecule has 0 amide bonds. The van der Waals surface area contributed by atoms with Crippen molar-refractivity contribution >= 4 is 11.4 Å². The Morgan fingerprint density at radius 3 is 2.55 bits per heavy atom. The second kappa shape index (κ2) is 5.28. The quantitative estimate of drug-likeness (QED) is 0.524. The maximum absolute atomic E-state index is 10.9. The number of nitrogens with two attached hydrogens (primary N) is 1. The van der Waals surface area contributed by atoms with Gasteiger partial charge in [-0.3, -0.25) is 10.1 Å². The lowest BCUT2D eigenvalue weighted by atomic mass is 9.97. The number of hydrogen-bond acceptors (Lipinski definition) is 5. The summed E-state index contributed by atoms with van der Waals surface area (Å²) >= 11 is 0. The highest BCUT2D eigenvalue weighted by Crippen LogP contribution is 2.37. The van der Waals surface area contributed by atoms with Crippen LogP contribution >= 0.6 is 0 Å². The maximum Gasteiger partial charge on any atom is 0.293 e. The normalized spacial score (nSPS) is 9.80. The molecule has 0 aromatic heterocycles. The molecule has 2 N–H and O–H groups in total. The van der Waals surface area contributed by atoms with Gasteiger partial charge in [-0.05, 0) is 12.1 Å². The van der Waals surface area contributed by atoms with Crippen LogP contribution in [0.1, 0.15) is 5.56 Å². The molecule has 0 bridgehead atoms. The van der Waals surface area contributed by atoms with Crippen molar-refractivity contribution in [2.75, 3.05) is 12.8 Å². The van der Waals surface area contributed by atoms with Gasteiger partial charge < -0.3 is 10.5 Å². The average Bonchev–Trinajstić information content (AvgIpc) is 2.46. The molecule has 0 atom stereocenters. The minimum atomic E-state index is -0.609. The van der Waals surface area contributed by atoms with E-state index in [0.717, 1.165) is 0 Å². The first-order valence-corrected chi connectivity index (χ1v) is 5.70. The van der Waals surface area contributed by atoms with E-state index >= 15 is 0 Å². The molecule has 0 aliphatic carbocycles. The molecule has 0 heterocycles. The summed E-state index contributed by atoms with van der Waals surface area (Å²) in [6.07, 6.45) is 0. The van der Waals surface area contributed by atoms with Crippen molar-refractivity contribution in [3.63, 3.8) is 0 Å². The van der Waals surface area contributed by atoms with Crippen LogP contribution in [-0.2, 0) is 0 Å². The van der Waals surface area contributed by atoms with Crippen LogP contribution in [0.15, 0.2) is 36.4 Å². The van der Waals surface area contributed by atoms with Crippen molar-refractivity contribution in [1.82, 2.24) is 0 Å². The van der Waals surface area contributed by atoms with Crippen molar-refractivity contribution in [3.05, 3.63) is 52.1 Å². The highest BCUT2D eigenvalue weighted by atomic mass is 16.6. The van der Waals surface area contributed by atoms with Crippen LogP contribution in [0, 0.1) is 21.4 Å². The van der Waals surface area contributed by atoms with Gasteiger partial charge in [-0.25, -0.2) is 0 Å². The number of nitro groups is 1. The van der Waals surface area contributed by atoms with Crippen LogP contribution in [0.2, 0.25) is 0 Å². The third-order valence-corrected chi connectivity index (χ3v) is 2.93. The van der Waals surface area contributed by atoms with Crippen LogP contribution in [0.25, 0.3) is 11.1 Å². The van der Waals surface area contributed by atoms with E-state index < -0.39 is 4.92 Å². The van der Waals surface area contributed by atoms with Crippen LogP contribution in [0.5, 0.6) is 5.75 Å². The van der Waals surface area contributed by atoms with E-state index in [0.29, 0.717) is 16.9 Å². The van der Waals surface area contributed by atoms with Crippen molar-refractivity contribution in [2.24, 2.45) is 0 Å². The highest BCUT2D eigenvalue weighted by molar-refractivity contribution is 5.84. The predicted octanol–water partition coefficient (Wildman–Crippen LogP) is 2.72. The minimum Gasteiger partial charge on any atom is -0.496 e. The number of anilines is 1. The van der Waals surface area contributed by atoms with Gasteiger partial charge >= 0.3 is 0 Å². The van der Waals surface area contributed by atoms with Gasteiger partial charge in [0.2, 0.25) is 0 Å². The maximum atomic E-state index is 10.9. The van der Waals surface area contributed by atoms with Crippen molar-refractivity contribution in [1.29, 1.82) is 5.26 Å². The molecule has 0 unspecified atom stereocenters. The van der Waals surface area contributed by atoms with Gasteiger partial charge in [0.05, 0.1) is 17.6 Å². The Labute approximate surface area is 115 Å². The van der Waals surface area contributed by atoms with E-state index in [1.807, 2.05) is 6.07 Å². The fraction of sp³-hybridized carbons (Fsp3) is 0.0714. The van der Waals surface area contributed by atoms with Gasteiger partial charge in [0.1, 0.15) is 17.5 Å². The number of para-hydroxylation sites is 1. The van der Waals surface area contributed by atoms with E-state index in [1.54, 1.807) is 24.3 Å². The smallest absolute Gasteiger partial charge is 0.293 e. The number of rotatable bonds is 3. The number of hydrogen-bond donors (Lipinski definition) is 1. The van der Waals surface area contributed by atoms with Gasteiger partial charge in [-0.15, -0.1) is 0 Å². The molecule has 0 fully saturated rings. The number of ether oxygens (including phenoxy) is 1. The molecule has 2 rings (SSSR count). The second-order valence-electron chi connectivity index (χ2n) is 3.99.